The number of carbonyl (C=O) groups excluding carboxylic acids is 1. The first-order chi connectivity index (χ1) is 8.92. The second-order valence-corrected chi connectivity index (χ2v) is 5.00. The Bertz CT molecular complexity index is 655. The van der Waals surface area contributed by atoms with Crippen LogP contribution in [0.25, 0.3) is 6.08 Å². The number of rotatable bonds is 5. The number of benzene rings is 1. The van der Waals surface area contributed by atoms with Gasteiger partial charge in [0, 0.05) is 0 Å². The minimum atomic E-state index is -3.84. The van der Waals surface area contributed by atoms with Crippen LogP contribution in [0.3, 0.4) is 0 Å². The van der Waals surface area contributed by atoms with Crippen LogP contribution in [0.15, 0.2) is 41.6 Å². The summed E-state index contributed by atoms with van der Waals surface area (Å²) in [6.45, 7) is 0. The number of allylic oxidation sites excluding steroid dienone is 1. The number of hydrogen-bond donors (Lipinski definition) is 0. The third-order valence-electron chi connectivity index (χ3n) is 1.83. The van der Waals surface area contributed by atoms with Gasteiger partial charge in [-0.25, -0.2) is 0 Å². The lowest BCUT2D eigenvalue weighted by Crippen LogP contribution is -2.10. The van der Waals surface area contributed by atoms with Crippen molar-refractivity contribution in [1.29, 1.82) is 5.26 Å². The molecule has 0 N–H and O–H groups in total. The van der Waals surface area contributed by atoms with Crippen LogP contribution in [0.4, 0.5) is 0 Å². The molecule has 0 aliphatic heterocycles. The van der Waals surface area contributed by atoms with E-state index in [9.17, 15) is 13.2 Å². The highest BCUT2D eigenvalue weighted by atomic mass is 32.2. The van der Waals surface area contributed by atoms with Gasteiger partial charge in [0.25, 0.3) is 0 Å². The molecular formula is C12H10N2O4S. The van der Waals surface area contributed by atoms with Crippen molar-refractivity contribution in [3.05, 3.63) is 42.0 Å². The Hall–Kier alpha value is -2.46. The summed E-state index contributed by atoms with van der Waals surface area (Å²) in [4.78, 5) is 11.5. The third kappa shape index (κ3) is 5.61. The molecule has 0 atom stereocenters. The molecule has 0 spiro atoms. The number of carbonyl (C=O) groups is 1. The van der Waals surface area contributed by atoms with Gasteiger partial charge in [-0.3, -0.25) is 9.08 Å². The molecule has 0 saturated carbocycles. The van der Waals surface area contributed by atoms with Crippen LogP contribution in [0.5, 0.6) is 0 Å². The summed E-state index contributed by atoms with van der Waals surface area (Å²) >= 11 is 0. The van der Waals surface area contributed by atoms with E-state index >= 15 is 0 Å². The largest absolute Gasteiger partial charge is 0.325 e. The van der Waals surface area contributed by atoms with E-state index < -0.39 is 21.6 Å². The molecule has 1 aromatic rings. The zero-order valence-corrected chi connectivity index (χ0v) is 10.8. The summed E-state index contributed by atoms with van der Waals surface area (Å²) in [5, 5.41) is 11.7. The van der Waals surface area contributed by atoms with Crippen LogP contribution in [-0.2, 0) is 19.2 Å². The van der Waals surface area contributed by atoms with E-state index in [2.05, 4.69) is 9.44 Å². The highest BCUT2D eigenvalue weighted by Gasteiger charge is 2.10. The van der Waals surface area contributed by atoms with Gasteiger partial charge in [0.2, 0.25) is 11.5 Å². The molecule has 19 heavy (non-hydrogen) atoms. The van der Waals surface area contributed by atoms with Gasteiger partial charge in [-0.2, -0.15) is 13.7 Å². The molecule has 0 aliphatic rings. The zero-order chi connectivity index (χ0) is 14.3. The molecule has 0 aliphatic carbocycles. The number of nitriles is 1. The lowest BCUT2D eigenvalue weighted by molar-refractivity contribution is -0.108. The van der Waals surface area contributed by atoms with Gasteiger partial charge in [-0.05, 0) is 16.8 Å². The topological polar surface area (TPSA) is 96.6 Å². The highest BCUT2D eigenvalue weighted by Crippen LogP contribution is 2.01. The summed E-state index contributed by atoms with van der Waals surface area (Å²) in [5.41, 5.74) is 0.120. The highest BCUT2D eigenvalue weighted by molar-refractivity contribution is 7.85. The van der Waals surface area contributed by atoms with Crippen LogP contribution < -0.4 is 0 Å². The van der Waals surface area contributed by atoms with Gasteiger partial charge < -0.3 is 0 Å². The molecule has 0 bridgehead atoms. The van der Waals surface area contributed by atoms with Gasteiger partial charge in [-0.1, -0.05) is 36.4 Å². The minimum Gasteiger partial charge on any atom is -0.287 e. The molecule has 1 aromatic carbocycles. The smallest absolute Gasteiger partial charge is 0.287 e. The number of hydrogen-bond acceptors (Lipinski definition) is 6. The van der Waals surface area contributed by atoms with Gasteiger partial charge >= 0.3 is 10.1 Å². The lowest BCUT2D eigenvalue weighted by Gasteiger charge is -1.94. The fourth-order valence-electron chi connectivity index (χ4n) is 1.04. The summed E-state index contributed by atoms with van der Waals surface area (Å²) < 4.78 is 25.4. The van der Waals surface area contributed by atoms with Crippen LogP contribution >= 0.6 is 0 Å². The predicted octanol–water partition coefficient (Wildman–Crippen LogP) is 1.12. The zero-order valence-electron chi connectivity index (χ0n) is 9.98. The normalized spacial score (nSPS) is 12.1. The van der Waals surface area contributed by atoms with E-state index in [0.717, 1.165) is 17.9 Å². The molecule has 0 amide bonds. The van der Waals surface area contributed by atoms with Gasteiger partial charge in [0.05, 0.1) is 6.26 Å². The molecule has 0 fully saturated rings. The monoisotopic (exact) mass is 278 g/mol. The summed E-state index contributed by atoms with van der Waals surface area (Å²) in [7, 11) is -3.84. The van der Waals surface area contributed by atoms with Crippen molar-refractivity contribution in [2.24, 2.45) is 5.16 Å². The first-order valence-electron chi connectivity index (χ1n) is 5.06. The maximum absolute atomic E-state index is 11.5. The second-order valence-electron chi connectivity index (χ2n) is 3.44. The van der Waals surface area contributed by atoms with Crippen molar-refractivity contribution in [1.82, 2.24) is 0 Å². The molecule has 98 valence electrons. The molecule has 0 heterocycles. The van der Waals surface area contributed by atoms with Gasteiger partial charge in [0.1, 0.15) is 6.07 Å². The van der Waals surface area contributed by atoms with E-state index in [4.69, 9.17) is 5.26 Å². The fraction of sp³-hybridized carbons (Fsp3) is 0.0833. The summed E-state index contributed by atoms with van der Waals surface area (Å²) in [5.74, 6) is -0.741. The molecule has 7 heteroatoms. The first kappa shape index (κ1) is 14.6. The fourth-order valence-corrected chi connectivity index (χ4v) is 1.25. The maximum Gasteiger partial charge on any atom is 0.325 e. The molecule has 0 unspecified atom stereocenters. The average Bonchev–Trinajstić information content (AvgIpc) is 2.37. The second kappa shape index (κ2) is 6.47. The molecule has 0 saturated heterocycles. The van der Waals surface area contributed by atoms with Crippen molar-refractivity contribution < 1.29 is 17.5 Å². The maximum atomic E-state index is 11.5. The Labute approximate surface area is 110 Å². The Balaban J connectivity index is 2.82. The van der Waals surface area contributed by atoms with Crippen LogP contribution in [-0.4, -0.2) is 26.2 Å². The molecule has 0 radical (unpaired) electrons. The SMILES string of the molecule is CS(=O)(=O)ON=C(C#N)C(=O)/C=C/c1ccccc1. The molecule has 1 rings (SSSR count). The Morgan fingerprint density at radius 2 is 2.00 bits per heavy atom. The summed E-state index contributed by atoms with van der Waals surface area (Å²) in [6.07, 6.45) is 3.36. The molecular weight excluding hydrogens is 268 g/mol. The van der Waals surface area contributed by atoms with Crippen molar-refractivity contribution in [2.45, 2.75) is 0 Å². The first-order valence-corrected chi connectivity index (χ1v) is 6.88. The van der Waals surface area contributed by atoms with Gasteiger partial charge in [-0.15, -0.1) is 0 Å². The van der Waals surface area contributed by atoms with Crippen LogP contribution in [0.1, 0.15) is 5.56 Å². The number of nitrogens with zero attached hydrogens (tertiary/aromatic N) is 2. The average molecular weight is 278 g/mol. The van der Waals surface area contributed by atoms with E-state index in [1.54, 1.807) is 24.3 Å². The Kier molecular flexibility index (Phi) is 4.97. The minimum absolute atomic E-state index is 0.641. The third-order valence-corrected chi connectivity index (χ3v) is 2.18. The molecule has 0 aromatic heterocycles. The lowest BCUT2D eigenvalue weighted by atomic mass is 10.1. The summed E-state index contributed by atoms with van der Waals surface area (Å²) in [6, 6.07) is 10.4. The van der Waals surface area contributed by atoms with E-state index in [0.29, 0.717) is 0 Å². The van der Waals surface area contributed by atoms with E-state index in [1.807, 2.05) is 6.07 Å². The van der Waals surface area contributed by atoms with Gasteiger partial charge in [0.15, 0.2) is 0 Å². The van der Waals surface area contributed by atoms with Crippen molar-refractivity contribution >= 4 is 27.7 Å². The van der Waals surface area contributed by atoms with E-state index in [1.165, 1.54) is 12.1 Å². The molecule has 6 nitrogen and oxygen atoms in total. The van der Waals surface area contributed by atoms with Crippen molar-refractivity contribution in [3.63, 3.8) is 0 Å². The Morgan fingerprint density at radius 3 is 2.53 bits per heavy atom. The van der Waals surface area contributed by atoms with Crippen LogP contribution in [0.2, 0.25) is 0 Å². The van der Waals surface area contributed by atoms with Crippen LogP contribution in [0, 0.1) is 11.3 Å². The standard InChI is InChI=1S/C12H10N2O4S/c1-19(16,17)18-14-11(9-13)12(15)8-7-10-5-3-2-4-6-10/h2-8H,1H3/b8-7+,14-11?. The Morgan fingerprint density at radius 1 is 1.37 bits per heavy atom. The van der Waals surface area contributed by atoms with Crippen molar-refractivity contribution in [2.75, 3.05) is 6.26 Å². The quantitative estimate of drug-likeness (QED) is 0.457. The van der Waals surface area contributed by atoms with E-state index in [-0.39, 0.29) is 0 Å². The predicted molar refractivity (Wildman–Crippen MR) is 69.5 cm³/mol. The number of oxime groups is 1. The van der Waals surface area contributed by atoms with Crippen molar-refractivity contribution in [3.8, 4) is 6.07 Å². The number of ketones is 1.